The number of carbonyl (C=O) groups excluding carboxylic acids is 1. The van der Waals surface area contributed by atoms with Crippen molar-refractivity contribution in [1.29, 1.82) is 0 Å². The Hall–Kier alpha value is -2.38. The highest BCUT2D eigenvalue weighted by Gasteiger charge is 2.19. The molecule has 0 bridgehead atoms. The third-order valence-corrected chi connectivity index (χ3v) is 5.94. The summed E-state index contributed by atoms with van der Waals surface area (Å²) in [6, 6.07) is 9.33. The molecule has 3 aromatic rings. The average Bonchev–Trinajstić information content (AvgIpc) is 2.97. The van der Waals surface area contributed by atoms with Crippen LogP contribution in [0.15, 0.2) is 40.3 Å². The zero-order valence-electron chi connectivity index (χ0n) is 16.9. The molecule has 0 N–H and O–H groups in total. The summed E-state index contributed by atoms with van der Waals surface area (Å²) in [5, 5.41) is 1.12. The Balaban J connectivity index is 1.84. The lowest BCUT2D eigenvalue weighted by Crippen LogP contribution is -2.20. The van der Waals surface area contributed by atoms with Crippen molar-refractivity contribution in [3.8, 4) is 0 Å². The van der Waals surface area contributed by atoms with Crippen LogP contribution >= 0.6 is 11.8 Å². The summed E-state index contributed by atoms with van der Waals surface area (Å²) in [5.74, 6) is 0.248. The van der Waals surface area contributed by atoms with Gasteiger partial charge >= 0.3 is 0 Å². The molecule has 0 radical (unpaired) electrons. The van der Waals surface area contributed by atoms with Crippen LogP contribution in [0, 0.1) is 13.8 Å². The predicted molar refractivity (Wildman–Crippen MR) is 113 cm³/mol. The Morgan fingerprint density at radius 2 is 2.00 bits per heavy atom. The van der Waals surface area contributed by atoms with Crippen molar-refractivity contribution in [2.75, 3.05) is 19.5 Å². The van der Waals surface area contributed by atoms with Crippen molar-refractivity contribution in [3.63, 3.8) is 0 Å². The van der Waals surface area contributed by atoms with E-state index in [4.69, 9.17) is 4.74 Å². The van der Waals surface area contributed by atoms with Gasteiger partial charge in [0.1, 0.15) is 0 Å². The Bertz CT molecular complexity index is 1080. The second-order valence-corrected chi connectivity index (χ2v) is 7.89. The van der Waals surface area contributed by atoms with Gasteiger partial charge < -0.3 is 9.30 Å². The van der Waals surface area contributed by atoms with Gasteiger partial charge in [0.2, 0.25) is 0 Å². The molecular formula is C21H25N3O3S. The molecule has 0 amide bonds. The number of carbonyl (C=O) groups is 1. The van der Waals surface area contributed by atoms with Crippen molar-refractivity contribution in [2.24, 2.45) is 7.05 Å². The molecule has 28 heavy (non-hydrogen) atoms. The van der Waals surface area contributed by atoms with E-state index in [0.717, 1.165) is 11.4 Å². The fraction of sp³-hybridized carbons (Fsp3) is 0.381. The van der Waals surface area contributed by atoms with Gasteiger partial charge in [-0.25, -0.2) is 4.98 Å². The first-order valence-electron chi connectivity index (χ1n) is 9.14. The van der Waals surface area contributed by atoms with Crippen molar-refractivity contribution in [1.82, 2.24) is 14.1 Å². The number of fused-ring (bicyclic) bond motifs is 1. The van der Waals surface area contributed by atoms with Gasteiger partial charge in [0, 0.05) is 31.1 Å². The molecule has 2 heterocycles. The van der Waals surface area contributed by atoms with Crippen molar-refractivity contribution >= 4 is 28.4 Å². The molecule has 1 aromatic carbocycles. The number of hydrogen-bond acceptors (Lipinski definition) is 5. The Labute approximate surface area is 168 Å². The van der Waals surface area contributed by atoms with Gasteiger partial charge in [-0.2, -0.15) is 0 Å². The minimum Gasteiger partial charge on any atom is -0.383 e. The normalized spacial score (nSPS) is 12.5. The lowest BCUT2D eigenvalue weighted by Gasteiger charge is -2.17. The number of hydrogen-bond donors (Lipinski definition) is 0. The van der Waals surface area contributed by atoms with Crippen LogP contribution in [0.5, 0.6) is 0 Å². The van der Waals surface area contributed by atoms with Gasteiger partial charge in [0.25, 0.3) is 5.56 Å². The topological polar surface area (TPSA) is 66.1 Å². The molecule has 1 unspecified atom stereocenters. The number of benzene rings is 1. The summed E-state index contributed by atoms with van der Waals surface area (Å²) in [5.41, 5.74) is 3.22. The van der Waals surface area contributed by atoms with E-state index in [0.29, 0.717) is 28.2 Å². The van der Waals surface area contributed by atoms with Crippen LogP contribution in [0.4, 0.5) is 0 Å². The summed E-state index contributed by atoms with van der Waals surface area (Å²) in [6.07, 6.45) is 0. The number of nitrogens with zero attached hydrogens (tertiary/aromatic N) is 3. The van der Waals surface area contributed by atoms with Gasteiger partial charge in [-0.15, -0.1) is 0 Å². The lowest BCUT2D eigenvalue weighted by molar-refractivity contribution is 0.102. The summed E-state index contributed by atoms with van der Waals surface area (Å²) < 4.78 is 8.89. The first kappa shape index (κ1) is 20.4. The van der Waals surface area contributed by atoms with Crippen LogP contribution in [0.2, 0.25) is 0 Å². The SMILES string of the molecule is COCC(C)n1c(C)cc(C(=O)CSc2nc3ccccc3c(=O)n2C)c1C. The highest BCUT2D eigenvalue weighted by Crippen LogP contribution is 2.24. The molecule has 0 saturated heterocycles. The number of ketones is 1. The predicted octanol–water partition coefficient (Wildman–Crippen LogP) is 3.53. The van der Waals surface area contributed by atoms with E-state index in [1.54, 1.807) is 20.2 Å². The molecule has 3 rings (SSSR count). The molecule has 0 fully saturated rings. The number of thioether (sulfide) groups is 1. The average molecular weight is 400 g/mol. The maximum atomic E-state index is 12.9. The minimum atomic E-state index is -0.105. The Morgan fingerprint density at radius 1 is 1.29 bits per heavy atom. The third kappa shape index (κ3) is 3.77. The number of ether oxygens (including phenoxy) is 1. The lowest BCUT2D eigenvalue weighted by atomic mass is 10.2. The molecule has 6 nitrogen and oxygen atoms in total. The standard InChI is InChI=1S/C21H25N3O3S/c1-13-10-17(15(3)24(13)14(2)11-27-5)19(25)12-28-21-22-18-9-7-6-8-16(18)20(26)23(21)4/h6-10,14H,11-12H2,1-5H3. The number of para-hydroxylation sites is 1. The maximum Gasteiger partial charge on any atom is 0.261 e. The van der Waals surface area contributed by atoms with E-state index in [1.807, 2.05) is 38.1 Å². The quantitative estimate of drug-likeness (QED) is 0.345. The van der Waals surface area contributed by atoms with E-state index < -0.39 is 0 Å². The highest BCUT2D eigenvalue weighted by atomic mass is 32.2. The molecular weight excluding hydrogens is 374 g/mol. The van der Waals surface area contributed by atoms with Crippen molar-refractivity contribution < 1.29 is 9.53 Å². The van der Waals surface area contributed by atoms with Crippen LogP contribution in [0.1, 0.15) is 34.7 Å². The smallest absolute Gasteiger partial charge is 0.261 e. The first-order chi connectivity index (χ1) is 13.3. The maximum absolute atomic E-state index is 12.9. The van der Waals surface area contributed by atoms with Gasteiger partial charge in [0.15, 0.2) is 10.9 Å². The molecule has 2 aromatic heterocycles. The molecule has 0 aliphatic rings. The number of aryl methyl sites for hydroxylation is 1. The Morgan fingerprint density at radius 3 is 2.71 bits per heavy atom. The molecule has 0 aliphatic heterocycles. The monoisotopic (exact) mass is 399 g/mol. The summed E-state index contributed by atoms with van der Waals surface area (Å²) in [4.78, 5) is 29.9. The largest absolute Gasteiger partial charge is 0.383 e. The van der Waals surface area contributed by atoms with Crippen LogP contribution < -0.4 is 5.56 Å². The van der Waals surface area contributed by atoms with E-state index >= 15 is 0 Å². The van der Waals surface area contributed by atoms with Gasteiger partial charge in [-0.3, -0.25) is 14.2 Å². The van der Waals surface area contributed by atoms with Crippen molar-refractivity contribution in [2.45, 2.75) is 32.0 Å². The molecule has 0 spiro atoms. The third-order valence-electron chi connectivity index (χ3n) is 4.91. The molecule has 7 heteroatoms. The number of methoxy groups -OCH3 is 1. The van der Waals surface area contributed by atoms with Crippen LogP contribution in [0.3, 0.4) is 0 Å². The van der Waals surface area contributed by atoms with E-state index in [2.05, 4.69) is 16.5 Å². The van der Waals surface area contributed by atoms with Gasteiger partial charge in [-0.1, -0.05) is 23.9 Å². The number of aromatic nitrogens is 3. The molecule has 0 aliphatic carbocycles. The first-order valence-corrected chi connectivity index (χ1v) is 10.1. The van der Waals surface area contributed by atoms with Gasteiger partial charge in [0.05, 0.1) is 29.3 Å². The van der Waals surface area contributed by atoms with Crippen molar-refractivity contribution in [3.05, 3.63) is 57.6 Å². The second-order valence-electron chi connectivity index (χ2n) is 6.95. The van der Waals surface area contributed by atoms with Crippen LogP contribution in [-0.2, 0) is 11.8 Å². The van der Waals surface area contributed by atoms with Gasteiger partial charge in [-0.05, 0) is 39.0 Å². The summed E-state index contributed by atoms with van der Waals surface area (Å²) in [7, 11) is 3.36. The summed E-state index contributed by atoms with van der Waals surface area (Å²) >= 11 is 1.29. The van der Waals surface area contributed by atoms with E-state index in [1.165, 1.54) is 16.3 Å². The molecule has 1 atom stereocenters. The minimum absolute atomic E-state index is 0.0244. The summed E-state index contributed by atoms with van der Waals surface area (Å²) in [6.45, 7) is 6.61. The Kier molecular flexibility index (Phi) is 6.05. The van der Waals surface area contributed by atoms with E-state index in [-0.39, 0.29) is 23.1 Å². The fourth-order valence-electron chi connectivity index (χ4n) is 3.59. The molecule has 0 saturated carbocycles. The molecule has 148 valence electrons. The zero-order valence-corrected chi connectivity index (χ0v) is 17.7. The second kappa shape index (κ2) is 8.32. The van der Waals surface area contributed by atoms with Crippen LogP contribution in [0.25, 0.3) is 10.9 Å². The highest BCUT2D eigenvalue weighted by molar-refractivity contribution is 7.99. The zero-order chi connectivity index (χ0) is 20.4. The fourth-order valence-corrected chi connectivity index (χ4v) is 4.44. The van der Waals surface area contributed by atoms with E-state index in [9.17, 15) is 9.59 Å². The number of Topliss-reactive ketones (excluding diaryl/α,β-unsaturated/α-hetero) is 1. The number of rotatable bonds is 7. The van der Waals surface area contributed by atoms with Crippen LogP contribution in [-0.4, -0.2) is 39.4 Å².